The van der Waals surface area contributed by atoms with Crippen LogP contribution in [0.2, 0.25) is 0 Å². The first-order chi connectivity index (χ1) is 10.5. The van der Waals surface area contributed by atoms with Crippen molar-refractivity contribution in [2.75, 3.05) is 14.2 Å². The zero-order valence-electron chi connectivity index (χ0n) is 12.4. The van der Waals surface area contributed by atoms with E-state index in [-0.39, 0.29) is 12.8 Å². The summed E-state index contributed by atoms with van der Waals surface area (Å²) in [6, 6.07) is 7.26. The molecule has 2 N–H and O–H groups in total. The Morgan fingerprint density at radius 3 is 2.32 bits per heavy atom. The maximum absolute atomic E-state index is 12.0. The molecule has 0 fully saturated rings. The Kier molecular flexibility index (Phi) is 7.04. The highest BCUT2D eigenvalue weighted by Gasteiger charge is 2.26. The predicted molar refractivity (Wildman–Crippen MR) is 76.6 cm³/mol. The molecule has 0 aliphatic heterocycles. The van der Waals surface area contributed by atoms with E-state index in [2.05, 4.69) is 14.8 Å². The summed E-state index contributed by atoms with van der Waals surface area (Å²) in [4.78, 5) is 34.8. The van der Waals surface area contributed by atoms with E-state index in [0.717, 1.165) is 0 Å². The third-order valence-electron chi connectivity index (χ3n) is 3.03. The Bertz CT molecular complexity index is 516. The second-order valence-corrected chi connectivity index (χ2v) is 4.51. The van der Waals surface area contributed by atoms with Crippen LogP contribution in [0.3, 0.4) is 0 Å². The van der Waals surface area contributed by atoms with E-state index in [0.29, 0.717) is 5.56 Å². The molecular weight excluding hydrogens is 290 g/mol. The van der Waals surface area contributed by atoms with Crippen LogP contribution in [-0.2, 0) is 23.9 Å². The van der Waals surface area contributed by atoms with E-state index >= 15 is 0 Å². The van der Waals surface area contributed by atoms with Crippen LogP contribution in [0.1, 0.15) is 24.5 Å². The van der Waals surface area contributed by atoms with Crippen LogP contribution < -0.4 is 5.32 Å². The highest BCUT2D eigenvalue weighted by Crippen LogP contribution is 2.13. The van der Waals surface area contributed by atoms with Gasteiger partial charge in [-0.15, -0.1) is 0 Å². The van der Waals surface area contributed by atoms with Gasteiger partial charge in [-0.25, -0.2) is 4.79 Å². The molecule has 0 heterocycles. The zero-order chi connectivity index (χ0) is 16.5. The van der Waals surface area contributed by atoms with E-state index in [1.54, 1.807) is 30.3 Å². The monoisotopic (exact) mass is 309 g/mol. The summed E-state index contributed by atoms with van der Waals surface area (Å²) in [6.45, 7) is 0. The molecule has 1 aromatic rings. The van der Waals surface area contributed by atoms with Crippen molar-refractivity contribution in [1.29, 1.82) is 0 Å². The molecule has 1 amide bonds. The molecule has 0 aromatic heterocycles. The maximum Gasteiger partial charge on any atom is 0.328 e. The van der Waals surface area contributed by atoms with Crippen molar-refractivity contribution >= 4 is 17.8 Å². The van der Waals surface area contributed by atoms with Crippen LogP contribution in [0.15, 0.2) is 30.3 Å². The molecule has 0 spiro atoms. The third kappa shape index (κ3) is 5.17. The summed E-state index contributed by atoms with van der Waals surface area (Å²) < 4.78 is 9.06. The fraction of sp³-hybridized carbons (Fsp3) is 0.400. The van der Waals surface area contributed by atoms with Gasteiger partial charge in [0, 0.05) is 6.42 Å². The lowest BCUT2D eigenvalue weighted by molar-refractivity contribution is -0.147. The SMILES string of the molecule is COC(=O)CC[C@@H](NC(=O)[C@@H](O)c1ccccc1)C(=O)OC. The fourth-order valence-electron chi connectivity index (χ4n) is 1.79. The Morgan fingerprint density at radius 1 is 1.14 bits per heavy atom. The molecule has 0 bridgehead atoms. The molecule has 1 aromatic carbocycles. The van der Waals surface area contributed by atoms with Crippen LogP contribution in [0.4, 0.5) is 0 Å². The Labute approximate surface area is 128 Å². The predicted octanol–water partition coefficient (Wildman–Crippen LogP) is 0.331. The minimum absolute atomic E-state index is 0.0204. The quantitative estimate of drug-likeness (QED) is 0.704. The second kappa shape index (κ2) is 8.78. The van der Waals surface area contributed by atoms with Crippen molar-refractivity contribution in [1.82, 2.24) is 5.32 Å². The summed E-state index contributed by atoms with van der Waals surface area (Å²) in [5.41, 5.74) is 0.400. The number of hydrogen-bond donors (Lipinski definition) is 2. The number of aliphatic hydroxyl groups is 1. The number of carbonyl (C=O) groups excluding carboxylic acids is 3. The number of aliphatic hydroxyl groups excluding tert-OH is 1. The Balaban J connectivity index is 2.70. The van der Waals surface area contributed by atoms with Crippen molar-refractivity contribution in [3.05, 3.63) is 35.9 Å². The summed E-state index contributed by atoms with van der Waals surface area (Å²) in [5, 5.41) is 12.3. The van der Waals surface area contributed by atoms with E-state index in [1.165, 1.54) is 14.2 Å². The normalized spacial score (nSPS) is 12.9. The van der Waals surface area contributed by atoms with Gasteiger partial charge in [-0.05, 0) is 12.0 Å². The standard InChI is InChI=1S/C15H19NO6/c1-21-12(17)9-8-11(15(20)22-2)16-14(19)13(18)10-6-4-3-5-7-10/h3-7,11,13,18H,8-9H2,1-2H3,(H,16,19)/t11-,13+/m1/s1. The lowest BCUT2D eigenvalue weighted by atomic mass is 10.1. The molecule has 0 unspecified atom stereocenters. The average molecular weight is 309 g/mol. The molecular formula is C15H19NO6. The van der Waals surface area contributed by atoms with Crippen molar-refractivity contribution < 1.29 is 29.0 Å². The molecule has 0 aliphatic carbocycles. The molecule has 120 valence electrons. The van der Waals surface area contributed by atoms with Gasteiger partial charge in [0.05, 0.1) is 14.2 Å². The number of esters is 2. The molecule has 0 saturated carbocycles. The average Bonchev–Trinajstić information content (AvgIpc) is 2.57. The molecule has 7 heteroatoms. The summed E-state index contributed by atoms with van der Waals surface area (Å²) in [6.07, 6.45) is -1.45. The van der Waals surface area contributed by atoms with Gasteiger partial charge in [-0.3, -0.25) is 9.59 Å². The van der Waals surface area contributed by atoms with Crippen LogP contribution in [0, 0.1) is 0 Å². The topological polar surface area (TPSA) is 102 Å². The number of methoxy groups -OCH3 is 2. The van der Waals surface area contributed by atoms with Crippen molar-refractivity contribution in [2.24, 2.45) is 0 Å². The minimum Gasteiger partial charge on any atom is -0.469 e. The Morgan fingerprint density at radius 2 is 1.77 bits per heavy atom. The van der Waals surface area contributed by atoms with Gasteiger partial charge in [0.1, 0.15) is 6.04 Å². The molecule has 0 radical (unpaired) electrons. The van der Waals surface area contributed by atoms with E-state index in [9.17, 15) is 19.5 Å². The number of amides is 1. The highest BCUT2D eigenvalue weighted by atomic mass is 16.5. The van der Waals surface area contributed by atoms with Crippen LogP contribution >= 0.6 is 0 Å². The number of ether oxygens (including phenoxy) is 2. The fourth-order valence-corrected chi connectivity index (χ4v) is 1.79. The largest absolute Gasteiger partial charge is 0.469 e. The summed E-state index contributed by atoms with van der Waals surface area (Å²) in [5.74, 6) is -1.95. The molecule has 1 rings (SSSR count). The van der Waals surface area contributed by atoms with Gasteiger partial charge in [0.15, 0.2) is 6.10 Å². The van der Waals surface area contributed by atoms with Gasteiger partial charge in [-0.2, -0.15) is 0 Å². The number of nitrogens with one attached hydrogen (secondary N) is 1. The van der Waals surface area contributed by atoms with Gasteiger partial charge >= 0.3 is 11.9 Å². The lowest BCUT2D eigenvalue weighted by Crippen LogP contribution is -2.44. The van der Waals surface area contributed by atoms with Crippen LogP contribution in [-0.4, -0.2) is 43.2 Å². The van der Waals surface area contributed by atoms with Crippen LogP contribution in [0.5, 0.6) is 0 Å². The zero-order valence-corrected chi connectivity index (χ0v) is 12.4. The molecule has 7 nitrogen and oxygen atoms in total. The third-order valence-corrected chi connectivity index (χ3v) is 3.03. The number of carbonyl (C=O) groups is 3. The van der Waals surface area contributed by atoms with E-state index in [1.807, 2.05) is 0 Å². The molecule has 0 saturated heterocycles. The van der Waals surface area contributed by atoms with Crippen molar-refractivity contribution in [2.45, 2.75) is 25.0 Å². The van der Waals surface area contributed by atoms with Crippen molar-refractivity contribution in [3.8, 4) is 0 Å². The molecule has 2 atom stereocenters. The van der Waals surface area contributed by atoms with Crippen LogP contribution in [0.25, 0.3) is 0 Å². The van der Waals surface area contributed by atoms with Gasteiger partial charge < -0.3 is 19.9 Å². The first kappa shape index (κ1) is 17.6. The summed E-state index contributed by atoms with van der Waals surface area (Å²) in [7, 11) is 2.40. The highest BCUT2D eigenvalue weighted by molar-refractivity contribution is 5.87. The van der Waals surface area contributed by atoms with Gasteiger partial charge in [-0.1, -0.05) is 30.3 Å². The minimum atomic E-state index is -1.41. The number of benzene rings is 1. The summed E-state index contributed by atoms with van der Waals surface area (Å²) >= 11 is 0. The maximum atomic E-state index is 12.0. The molecule has 0 aliphatic rings. The van der Waals surface area contributed by atoms with Gasteiger partial charge in [0.2, 0.25) is 0 Å². The Hall–Kier alpha value is -2.41. The molecule has 22 heavy (non-hydrogen) atoms. The van der Waals surface area contributed by atoms with Gasteiger partial charge in [0.25, 0.3) is 5.91 Å². The first-order valence-electron chi connectivity index (χ1n) is 6.67. The second-order valence-electron chi connectivity index (χ2n) is 4.51. The van der Waals surface area contributed by atoms with E-state index < -0.39 is 30.0 Å². The number of hydrogen-bond acceptors (Lipinski definition) is 6. The number of rotatable bonds is 7. The first-order valence-corrected chi connectivity index (χ1v) is 6.67. The smallest absolute Gasteiger partial charge is 0.328 e. The van der Waals surface area contributed by atoms with E-state index in [4.69, 9.17) is 0 Å². The lowest BCUT2D eigenvalue weighted by Gasteiger charge is -2.18. The van der Waals surface area contributed by atoms with Crippen molar-refractivity contribution in [3.63, 3.8) is 0 Å².